The van der Waals surface area contributed by atoms with Crippen LogP contribution in [-0.4, -0.2) is 38.2 Å². The Morgan fingerprint density at radius 3 is 2.64 bits per heavy atom. The van der Waals surface area contributed by atoms with Crippen LogP contribution in [0.25, 0.3) is 0 Å². The van der Waals surface area contributed by atoms with Gasteiger partial charge in [0.15, 0.2) is 11.5 Å². The highest BCUT2D eigenvalue weighted by atomic mass is 16.7. The van der Waals surface area contributed by atoms with E-state index in [4.69, 9.17) is 14.2 Å². The van der Waals surface area contributed by atoms with E-state index in [0.29, 0.717) is 39.9 Å². The van der Waals surface area contributed by atoms with Crippen LogP contribution < -0.4 is 29.7 Å². The number of hydrogen-bond acceptors (Lipinski definition) is 6. The molecule has 3 aromatic rings. The number of rotatable bonds is 6. The number of amides is 3. The van der Waals surface area contributed by atoms with Crippen LogP contribution in [-0.2, 0) is 9.59 Å². The smallest absolute Gasteiger partial charge is 0.257 e. The summed E-state index contributed by atoms with van der Waals surface area (Å²) in [5.74, 6) is 0.277. The van der Waals surface area contributed by atoms with Crippen LogP contribution in [0.2, 0.25) is 0 Å². The third-order valence-corrected chi connectivity index (χ3v) is 6.18. The zero-order chi connectivity index (χ0) is 25.2. The molecule has 2 aliphatic rings. The predicted molar refractivity (Wildman–Crippen MR) is 134 cm³/mol. The number of carbonyl (C=O) groups excluding carboxylic acids is 3. The first kappa shape index (κ1) is 23.2. The second-order valence-electron chi connectivity index (χ2n) is 8.64. The van der Waals surface area contributed by atoms with Crippen LogP contribution in [0.1, 0.15) is 22.3 Å². The molecule has 5 rings (SSSR count). The lowest BCUT2D eigenvalue weighted by Crippen LogP contribution is -2.29. The summed E-state index contributed by atoms with van der Waals surface area (Å²) in [7, 11) is 1.55. The Kier molecular flexibility index (Phi) is 6.20. The number of hydrogen-bond donors (Lipinski definition) is 2. The number of ether oxygens (including phenoxy) is 3. The lowest BCUT2D eigenvalue weighted by molar-refractivity contribution is -0.122. The van der Waals surface area contributed by atoms with Crippen molar-refractivity contribution in [3.63, 3.8) is 0 Å². The number of aryl methyl sites for hydroxylation is 1. The monoisotopic (exact) mass is 487 g/mol. The zero-order valence-corrected chi connectivity index (χ0v) is 19.9. The lowest BCUT2D eigenvalue weighted by atomic mass is 10.1. The molecule has 2 heterocycles. The highest BCUT2D eigenvalue weighted by Gasteiger charge is 2.36. The van der Waals surface area contributed by atoms with Crippen LogP contribution in [0.5, 0.6) is 17.2 Å². The molecule has 0 spiro atoms. The molecule has 1 saturated heterocycles. The van der Waals surface area contributed by atoms with Crippen molar-refractivity contribution < 1.29 is 28.6 Å². The summed E-state index contributed by atoms with van der Waals surface area (Å²) in [5.41, 5.74) is 2.81. The molecule has 1 atom stereocenters. The maximum atomic E-state index is 13.1. The number of fused-ring (bicyclic) bond motifs is 1. The average Bonchev–Trinajstić information content (AvgIpc) is 3.50. The van der Waals surface area contributed by atoms with Gasteiger partial charge in [-0.2, -0.15) is 0 Å². The molecule has 3 amide bonds. The summed E-state index contributed by atoms with van der Waals surface area (Å²) in [6.45, 7) is 2.29. The molecule has 1 unspecified atom stereocenters. The minimum atomic E-state index is -0.576. The standard InChI is InChI=1S/C27H25N3O6/c1-16-7-9-22(34-2)21(11-16)30-14-17(12-25(30)31)26(32)29-20-6-4-3-5-19(20)27(33)28-18-8-10-23-24(13-18)36-15-35-23/h3-11,13,17H,12,14-15H2,1-2H3,(H,28,33)(H,29,32). The molecule has 9 nitrogen and oxygen atoms in total. The van der Waals surface area contributed by atoms with Crippen molar-refractivity contribution in [2.45, 2.75) is 13.3 Å². The number of nitrogens with one attached hydrogen (secondary N) is 2. The quantitative estimate of drug-likeness (QED) is 0.545. The van der Waals surface area contributed by atoms with Crippen molar-refractivity contribution >= 4 is 34.8 Å². The molecule has 9 heteroatoms. The molecule has 0 bridgehead atoms. The molecule has 2 N–H and O–H groups in total. The number of para-hydroxylation sites is 1. The van der Waals surface area contributed by atoms with Gasteiger partial charge < -0.3 is 29.7 Å². The third-order valence-electron chi connectivity index (χ3n) is 6.18. The van der Waals surface area contributed by atoms with Gasteiger partial charge in [-0.05, 0) is 48.9 Å². The van der Waals surface area contributed by atoms with Gasteiger partial charge in [0.1, 0.15) is 5.75 Å². The van der Waals surface area contributed by atoms with Gasteiger partial charge in [-0.15, -0.1) is 0 Å². The van der Waals surface area contributed by atoms with Crippen LogP contribution in [0.3, 0.4) is 0 Å². The highest BCUT2D eigenvalue weighted by Crippen LogP contribution is 2.35. The van der Waals surface area contributed by atoms with Gasteiger partial charge in [-0.1, -0.05) is 18.2 Å². The number of benzene rings is 3. The van der Waals surface area contributed by atoms with Crippen molar-refractivity contribution in [3.8, 4) is 17.2 Å². The van der Waals surface area contributed by atoms with Crippen molar-refractivity contribution in [2.75, 3.05) is 36.0 Å². The summed E-state index contributed by atoms with van der Waals surface area (Å²) in [6, 6.07) is 17.4. The third kappa shape index (κ3) is 4.55. The Balaban J connectivity index is 1.30. The topological polar surface area (TPSA) is 106 Å². The minimum absolute atomic E-state index is 0.0640. The summed E-state index contributed by atoms with van der Waals surface area (Å²) in [4.78, 5) is 40.5. The lowest BCUT2D eigenvalue weighted by Gasteiger charge is -2.20. The molecule has 184 valence electrons. The Bertz CT molecular complexity index is 1360. The van der Waals surface area contributed by atoms with Gasteiger partial charge >= 0.3 is 0 Å². The Morgan fingerprint density at radius 1 is 1.00 bits per heavy atom. The molecular weight excluding hydrogens is 462 g/mol. The van der Waals surface area contributed by atoms with E-state index < -0.39 is 11.8 Å². The summed E-state index contributed by atoms with van der Waals surface area (Å²) in [6.07, 6.45) is 0.0640. The van der Waals surface area contributed by atoms with Crippen molar-refractivity contribution in [1.29, 1.82) is 0 Å². The van der Waals surface area contributed by atoms with Gasteiger partial charge in [-0.25, -0.2) is 0 Å². The van der Waals surface area contributed by atoms with Gasteiger partial charge in [0, 0.05) is 24.7 Å². The molecular formula is C27H25N3O6. The fraction of sp³-hybridized carbons (Fsp3) is 0.222. The first-order valence-electron chi connectivity index (χ1n) is 11.5. The summed E-state index contributed by atoms with van der Waals surface area (Å²) < 4.78 is 16.1. The van der Waals surface area contributed by atoms with Gasteiger partial charge in [0.25, 0.3) is 5.91 Å². The highest BCUT2D eigenvalue weighted by molar-refractivity contribution is 6.11. The Labute approximate surface area is 208 Å². The average molecular weight is 488 g/mol. The number of anilines is 3. The van der Waals surface area contributed by atoms with Crippen molar-refractivity contribution in [1.82, 2.24) is 0 Å². The first-order chi connectivity index (χ1) is 17.4. The second kappa shape index (κ2) is 9.61. The summed E-state index contributed by atoms with van der Waals surface area (Å²) in [5, 5.41) is 5.66. The molecule has 1 fully saturated rings. The Morgan fingerprint density at radius 2 is 1.81 bits per heavy atom. The molecule has 3 aromatic carbocycles. The van der Waals surface area contributed by atoms with E-state index in [-0.39, 0.29) is 31.6 Å². The largest absolute Gasteiger partial charge is 0.495 e. The van der Waals surface area contributed by atoms with Crippen molar-refractivity contribution in [2.24, 2.45) is 5.92 Å². The minimum Gasteiger partial charge on any atom is -0.495 e. The molecule has 0 aromatic heterocycles. The van der Waals surface area contributed by atoms with E-state index >= 15 is 0 Å². The van der Waals surface area contributed by atoms with Gasteiger partial charge in [-0.3, -0.25) is 14.4 Å². The second-order valence-corrected chi connectivity index (χ2v) is 8.64. The summed E-state index contributed by atoms with van der Waals surface area (Å²) >= 11 is 0. The maximum Gasteiger partial charge on any atom is 0.257 e. The molecule has 0 aliphatic carbocycles. The molecule has 0 saturated carbocycles. The fourth-order valence-electron chi connectivity index (χ4n) is 4.32. The van der Waals surface area contributed by atoms with Crippen LogP contribution in [0, 0.1) is 12.8 Å². The number of nitrogens with zero attached hydrogens (tertiary/aromatic N) is 1. The molecule has 2 aliphatic heterocycles. The molecule has 36 heavy (non-hydrogen) atoms. The van der Waals surface area contributed by atoms with Crippen molar-refractivity contribution in [3.05, 3.63) is 71.8 Å². The fourth-order valence-corrected chi connectivity index (χ4v) is 4.32. The SMILES string of the molecule is COc1ccc(C)cc1N1CC(C(=O)Nc2ccccc2C(=O)Nc2ccc3c(c2)OCO3)CC1=O. The van der Waals surface area contributed by atoms with Gasteiger partial charge in [0.05, 0.1) is 30.0 Å². The van der Waals surface area contributed by atoms with E-state index in [9.17, 15) is 14.4 Å². The van der Waals surface area contributed by atoms with E-state index in [0.717, 1.165) is 5.56 Å². The Hall–Kier alpha value is -4.53. The maximum absolute atomic E-state index is 13.1. The van der Waals surface area contributed by atoms with Crippen LogP contribution >= 0.6 is 0 Å². The van der Waals surface area contributed by atoms with E-state index in [1.165, 1.54) is 0 Å². The van der Waals surface area contributed by atoms with Crippen LogP contribution in [0.4, 0.5) is 17.1 Å². The number of methoxy groups -OCH3 is 1. The number of carbonyl (C=O) groups is 3. The predicted octanol–water partition coefficient (Wildman–Crippen LogP) is 3.98. The van der Waals surface area contributed by atoms with Gasteiger partial charge in [0.2, 0.25) is 18.6 Å². The van der Waals surface area contributed by atoms with Crippen LogP contribution in [0.15, 0.2) is 60.7 Å². The van der Waals surface area contributed by atoms with E-state index in [2.05, 4.69) is 10.6 Å². The van der Waals surface area contributed by atoms with E-state index in [1.54, 1.807) is 60.5 Å². The normalized spacial score (nSPS) is 16.1. The van der Waals surface area contributed by atoms with E-state index in [1.807, 2.05) is 19.1 Å². The first-order valence-corrected chi connectivity index (χ1v) is 11.5. The zero-order valence-electron chi connectivity index (χ0n) is 19.9. The molecule has 0 radical (unpaired) electrons.